The van der Waals surface area contributed by atoms with Crippen molar-refractivity contribution >= 4 is 16.9 Å². The SMILES string of the molecule is CN(C)CCOc1ccc2nccc(-c3cc4c([nH]3)CCNC4=O)c2n1. The van der Waals surface area contributed by atoms with E-state index in [9.17, 15) is 4.79 Å². The Labute approximate surface area is 151 Å². The van der Waals surface area contributed by atoms with Crippen LogP contribution in [0.15, 0.2) is 30.5 Å². The van der Waals surface area contributed by atoms with Gasteiger partial charge in [-0.15, -0.1) is 0 Å². The van der Waals surface area contributed by atoms with Crippen LogP contribution in [0, 0.1) is 0 Å². The molecule has 4 heterocycles. The van der Waals surface area contributed by atoms with Gasteiger partial charge in [0.15, 0.2) is 0 Å². The second-order valence-electron chi connectivity index (χ2n) is 6.61. The van der Waals surface area contributed by atoms with E-state index in [1.807, 2.05) is 38.4 Å². The maximum absolute atomic E-state index is 12.0. The number of amides is 1. The molecule has 0 bridgehead atoms. The lowest BCUT2D eigenvalue weighted by Gasteiger charge is -2.11. The van der Waals surface area contributed by atoms with Crippen molar-refractivity contribution in [3.05, 3.63) is 41.7 Å². The summed E-state index contributed by atoms with van der Waals surface area (Å²) in [6.45, 7) is 2.04. The Balaban J connectivity index is 1.71. The van der Waals surface area contributed by atoms with E-state index < -0.39 is 0 Å². The third-order valence-corrected chi connectivity index (χ3v) is 4.44. The number of rotatable bonds is 5. The average Bonchev–Trinajstić information content (AvgIpc) is 3.06. The third-order valence-electron chi connectivity index (χ3n) is 4.44. The van der Waals surface area contributed by atoms with E-state index in [1.165, 1.54) is 0 Å². The molecule has 3 aromatic rings. The summed E-state index contributed by atoms with van der Waals surface area (Å²) < 4.78 is 5.76. The highest BCUT2D eigenvalue weighted by Crippen LogP contribution is 2.29. The minimum absolute atomic E-state index is 0.0345. The maximum atomic E-state index is 12.0. The maximum Gasteiger partial charge on any atom is 0.253 e. The van der Waals surface area contributed by atoms with Crippen LogP contribution >= 0.6 is 0 Å². The number of fused-ring (bicyclic) bond motifs is 2. The van der Waals surface area contributed by atoms with Gasteiger partial charge in [-0.25, -0.2) is 4.98 Å². The highest BCUT2D eigenvalue weighted by molar-refractivity contribution is 5.99. The van der Waals surface area contributed by atoms with E-state index in [-0.39, 0.29) is 5.91 Å². The lowest BCUT2D eigenvalue weighted by Crippen LogP contribution is -2.31. The van der Waals surface area contributed by atoms with E-state index in [0.29, 0.717) is 24.6 Å². The van der Waals surface area contributed by atoms with Crippen LogP contribution in [0.25, 0.3) is 22.3 Å². The van der Waals surface area contributed by atoms with Crippen molar-refractivity contribution in [2.45, 2.75) is 6.42 Å². The molecule has 3 aromatic heterocycles. The fraction of sp³-hybridized carbons (Fsp3) is 0.316. The lowest BCUT2D eigenvalue weighted by molar-refractivity contribution is 0.0946. The Bertz CT molecular complexity index is 964. The predicted molar refractivity (Wildman–Crippen MR) is 99.4 cm³/mol. The van der Waals surface area contributed by atoms with Crippen molar-refractivity contribution in [2.75, 3.05) is 33.8 Å². The topological polar surface area (TPSA) is 83.1 Å². The largest absolute Gasteiger partial charge is 0.476 e. The molecular weight excluding hydrogens is 330 g/mol. The molecule has 7 nitrogen and oxygen atoms in total. The number of hydrogen-bond acceptors (Lipinski definition) is 5. The van der Waals surface area contributed by atoms with Crippen LogP contribution < -0.4 is 10.1 Å². The third kappa shape index (κ3) is 3.13. The van der Waals surface area contributed by atoms with Crippen molar-refractivity contribution in [3.63, 3.8) is 0 Å². The molecule has 0 saturated carbocycles. The first kappa shape index (κ1) is 16.5. The van der Waals surface area contributed by atoms with E-state index in [1.54, 1.807) is 6.20 Å². The van der Waals surface area contributed by atoms with Gasteiger partial charge in [0, 0.05) is 48.7 Å². The number of nitrogens with zero attached hydrogens (tertiary/aromatic N) is 3. The first-order chi connectivity index (χ1) is 12.6. The van der Waals surface area contributed by atoms with Crippen molar-refractivity contribution in [3.8, 4) is 17.1 Å². The Morgan fingerprint density at radius 2 is 2.12 bits per heavy atom. The first-order valence-corrected chi connectivity index (χ1v) is 8.65. The molecular formula is C19H21N5O2. The number of nitrogens with one attached hydrogen (secondary N) is 2. The van der Waals surface area contributed by atoms with Crippen LogP contribution in [0.2, 0.25) is 0 Å². The Hall–Kier alpha value is -2.93. The monoisotopic (exact) mass is 351 g/mol. The van der Waals surface area contributed by atoms with Gasteiger partial charge in [0.1, 0.15) is 12.1 Å². The van der Waals surface area contributed by atoms with Gasteiger partial charge in [0.05, 0.1) is 11.1 Å². The number of aromatic amines is 1. The van der Waals surface area contributed by atoms with Crippen LogP contribution in [0.5, 0.6) is 5.88 Å². The molecule has 7 heteroatoms. The zero-order chi connectivity index (χ0) is 18.1. The van der Waals surface area contributed by atoms with Crippen molar-refractivity contribution in [1.82, 2.24) is 25.2 Å². The highest BCUT2D eigenvalue weighted by Gasteiger charge is 2.21. The summed E-state index contributed by atoms with van der Waals surface area (Å²) in [5.41, 5.74) is 5.00. The van der Waals surface area contributed by atoms with Crippen LogP contribution in [0.4, 0.5) is 0 Å². The van der Waals surface area contributed by atoms with E-state index in [4.69, 9.17) is 4.74 Å². The van der Waals surface area contributed by atoms with Gasteiger partial charge >= 0.3 is 0 Å². The quantitative estimate of drug-likeness (QED) is 0.733. The van der Waals surface area contributed by atoms with Crippen molar-refractivity contribution in [1.29, 1.82) is 0 Å². The molecule has 0 radical (unpaired) electrons. The summed E-state index contributed by atoms with van der Waals surface area (Å²) in [6.07, 6.45) is 2.56. The molecule has 0 saturated heterocycles. The number of carbonyl (C=O) groups is 1. The van der Waals surface area contributed by atoms with Gasteiger partial charge in [-0.3, -0.25) is 9.78 Å². The molecule has 0 aliphatic carbocycles. The molecule has 0 spiro atoms. The summed E-state index contributed by atoms with van der Waals surface area (Å²) in [4.78, 5) is 26.5. The van der Waals surface area contributed by atoms with Gasteiger partial charge in [0.2, 0.25) is 5.88 Å². The number of hydrogen-bond donors (Lipinski definition) is 2. The lowest BCUT2D eigenvalue weighted by atomic mass is 10.1. The number of likely N-dealkylation sites (N-methyl/N-ethyl adjacent to an activating group) is 1. The van der Waals surface area contributed by atoms with Crippen LogP contribution in [-0.2, 0) is 6.42 Å². The molecule has 1 aliphatic rings. The Morgan fingerprint density at radius 3 is 2.92 bits per heavy atom. The highest BCUT2D eigenvalue weighted by atomic mass is 16.5. The van der Waals surface area contributed by atoms with Gasteiger partial charge in [0.25, 0.3) is 5.91 Å². The molecule has 1 aliphatic heterocycles. The molecule has 0 aromatic carbocycles. The molecule has 0 atom stereocenters. The van der Waals surface area contributed by atoms with E-state index >= 15 is 0 Å². The van der Waals surface area contributed by atoms with Gasteiger partial charge in [-0.2, -0.15) is 0 Å². The van der Waals surface area contributed by atoms with E-state index in [0.717, 1.165) is 41.0 Å². The number of aromatic nitrogens is 3. The van der Waals surface area contributed by atoms with Crippen LogP contribution in [0.1, 0.15) is 16.1 Å². The fourth-order valence-corrected chi connectivity index (χ4v) is 3.08. The molecule has 0 fully saturated rings. The smallest absolute Gasteiger partial charge is 0.253 e. The van der Waals surface area contributed by atoms with Gasteiger partial charge in [-0.1, -0.05) is 0 Å². The van der Waals surface area contributed by atoms with Gasteiger partial charge < -0.3 is 19.9 Å². The number of H-pyrrole nitrogens is 1. The molecule has 2 N–H and O–H groups in total. The first-order valence-electron chi connectivity index (χ1n) is 8.65. The molecule has 26 heavy (non-hydrogen) atoms. The summed E-state index contributed by atoms with van der Waals surface area (Å²) >= 11 is 0. The summed E-state index contributed by atoms with van der Waals surface area (Å²) in [6, 6.07) is 7.54. The average molecular weight is 351 g/mol. The zero-order valence-corrected chi connectivity index (χ0v) is 14.9. The minimum Gasteiger partial charge on any atom is -0.476 e. The van der Waals surface area contributed by atoms with Crippen LogP contribution in [-0.4, -0.2) is 59.6 Å². The summed E-state index contributed by atoms with van der Waals surface area (Å²) in [7, 11) is 4.00. The second-order valence-corrected chi connectivity index (χ2v) is 6.61. The summed E-state index contributed by atoms with van der Waals surface area (Å²) in [5.74, 6) is 0.537. The second kappa shape index (κ2) is 6.76. The number of pyridine rings is 2. The normalized spacial score (nSPS) is 13.7. The zero-order valence-electron chi connectivity index (χ0n) is 14.9. The molecule has 134 valence electrons. The van der Waals surface area contributed by atoms with E-state index in [2.05, 4.69) is 25.2 Å². The van der Waals surface area contributed by atoms with Gasteiger partial charge in [-0.05, 0) is 32.3 Å². The predicted octanol–water partition coefficient (Wildman–Crippen LogP) is 1.85. The van der Waals surface area contributed by atoms with Crippen LogP contribution in [0.3, 0.4) is 0 Å². The number of carbonyl (C=O) groups excluding carboxylic acids is 1. The number of ether oxygens (including phenoxy) is 1. The molecule has 4 rings (SSSR count). The van der Waals surface area contributed by atoms with Crippen molar-refractivity contribution < 1.29 is 9.53 Å². The summed E-state index contributed by atoms with van der Waals surface area (Å²) in [5, 5.41) is 2.87. The standard InChI is InChI=1S/C19H21N5O2/c1-24(2)9-10-26-17-4-3-15-18(23-17)12(5-7-20-15)16-11-13-14(22-16)6-8-21-19(13)25/h3-5,7,11,22H,6,8-10H2,1-2H3,(H,21,25). The van der Waals surface area contributed by atoms with Crippen molar-refractivity contribution in [2.24, 2.45) is 0 Å². The Kier molecular flexibility index (Phi) is 4.30. The fourth-order valence-electron chi connectivity index (χ4n) is 3.08. The Morgan fingerprint density at radius 1 is 1.23 bits per heavy atom. The molecule has 1 amide bonds. The molecule has 0 unspecified atom stereocenters. The minimum atomic E-state index is -0.0345.